The lowest BCUT2D eigenvalue weighted by Crippen LogP contribution is -2.14. The molecular weight excluding hydrogens is 406 g/mol. The van der Waals surface area contributed by atoms with Gasteiger partial charge in [-0.2, -0.15) is 0 Å². The number of thioether (sulfide) groups is 1. The van der Waals surface area contributed by atoms with Gasteiger partial charge in [0.25, 0.3) is 0 Å². The number of anilines is 1. The molecule has 3 aromatic rings. The molecule has 1 amide bonds. The van der Waals surface area contributed by atoms with E-state index in [4.69, 9.17) is 18.9 Å². The monoisotopic (exact) mass is 425 g/mol. The van der Waals surface area contributed by atoms with Crippen molar-refractivity contribution in [2.75, 3.05) is 32.1 Å². The molecular formula is C21H19N3O5S. The lowest BCUT2D eigenvalue weighted by atomic mass is 10.1. The number of ether oxygens (including phenoxy) is 4. The van der Waals surface area contributed by atoms with E-state index in [-0.39, 0.29) is 18.5 Å². The second-order valence-electron chi connectivity index (χ2n) is 6.23. The van der Waals surface area contributed by atoms with Gasteiger partial charge in [-0.05, 0) is 42.5 Å². The van der Waals surface area contributed by atoms with E-state index in [1.165, 1.54) is 11.8 Å². The number of fused-ring (bicyclic) bond motifs is 1. The molecule has 0 atom stereocenters. The summed E-state index contributed by atoms with van der Waals surface area (Å²) in [6.07, 6.45) is 0. The van der Waals surface area contributed by atoms with Gasteiger partial charge in [-0.25, -0.2) is 0 Å². The third-order valence-corrected chi connectivity index (χ3v) is 5.25. The molecule has 0 fully saturated rings. The maximum absolute atomic E-state index is 12.2. The van der Waals surface area contributed by atoms with Crippen LogP contribution in [-0.4, -0.2) is 42.9 Å². The summed E-state index contributed by atoms with van der Waals surface area (Å²) in [5, 5.41) is 12.0. The number of methoxy groups -OCH3 is 2. The molecule has 0 spiro atoms. The van der Waals surface area contributed by atoms with Crippen molar-refractivity contribution in [2.24, 2.45) is 0 Å². The summed E-state index contributed by atoms with van der Waals surface area (Å²) in [4.78, 5) is 12.2. The van der Waals surface area contributed by atoms with Gasteiger partial charge in [-0.3, -0.25) is 4.79 Å². The van der Waals surface area contributed by atoms with Gasteiger partial charge in [0.05, 0.1) is 25.7 Å². The highest BCUT2D eigenvalue weighted by Crippen LogP contribution is 2.34. The third-order valence-electron chi connectivity index (χ3n) is 4.33. The predicted octanol–water partition coefficient (Wildman–Crippen LogP) is 3.62. The Labute approximate surface area is 177 Å². The topological polar surface area (TPSA) is 91.8 Å². The van der Waals surface area contributed by atoms with Crippen LogP contribution < -0.4 is 24.3 Å². The van der Waals surface area contributed by atoms with Crippen molar-refractivity contribution < 1.29 is 23.7 Å². The van der Waals surface area contributed by atoms with E-state index in [1.807, 2.05) is 30.3 Å². The van der Waals surface area contributed by atoms with Crippen molar-refractivity contribution in [2.45, 2.75) is 5.03 Å². The number of benzene rings is 2. The van der Waals surface area contributed by atoms with Gasteiger partial charge in [0.1, 0.15) is 16.5 Å². The Morgan fingerprint density at radius 1 is 1.03 bits per heavy atom. The van der Waals surface area contributed by atoms with E-state index in [9.17, 15) is 4.79 Å². The first-order valence-electron chi connectivity index (χ1n) is 9.04. The van der Waals surface area contributed by atoms with Gasteiger partial charge >= 0.3 is 0 Å². The summed E-state index contributed by atoms with van der Waals surface area (Å²) >= 11 is 1.30. The van der Waals surface area contributed by atoms with E-state index >= 15 is 0 Å². The Morgan fingerprint density at radius 3 is 2.67 bits per heavy atom. The highest BCUT2D eigenvalue weighted by Gasteiger charge is 2.15. The standard InChI is InChI=1S/C21H19N3O5S/c1-26-14-4-7-17(27-2)15(10-14)16-5-8-21(24-23-16)30-11-20(25)22-13-3-6-18-19(9-13)29-12-28-18/h3-10H,11-12H2,1-2H3,(H,22,25). The molecule has 9 heteroatoms. The largest absolute Gasteiger partial charge is 0.497 e. The zero-order chi connectivity index (χ0) is 20.9. The molecule has 0 bridgehead atoms. The number of nitrogens with zero attached hydrogens (tertiary/aromatic N) is 2. The number of amides is 1. The SMILES string of the molecule is COc1ccc(OC)c(-c2ccc(SCC(=O)Nc3ccc4c(c3)OCO4)nn2)c1. The summed E-state index contributed by atoms with van der Waals surface area (Å²) in [5.74, 6) is 2.71. The number of nitrogens with one attached hydrogen (secondary N) is 1. The normalized spacial score (nSPS) is 11.8. The van der Waals surface area contributed by atoms with Crippen LogP contribution in [0.25, 0.3) is 11.3 Å². The highest BCUT2D eigenvalue weighted by atomic mass is 32.2. The maximum Gasteiger partial charge on any atom is 0.234 e. The number of carbonyl (C=O) groups excluding carboxylic acids is 1. The molecule has 0 unspecified atom stereocenters. The molecule has 0 saturated heterocycles. The van der Waals surface area contributed by atoms with E-state index in [0.717, 1.165) is 5.56 Å². The van der Waals surface area contributed by atoms with Crippen molar-refractivity contribution in [1.82, 2.24) is 10.2 Å². The summed E-state index contributed by atoms with van der Waals surface area (Å²) in [7, 11) is 3.20. The number of carbonyl (C=O) groups is 1. The molecule has 1 N–H and O–H groups in total. The van der Waals surface area contributed by atoms with Gasteiger partial charge in [0.2, 0.25) is 12.7 Å². The van der Waals surface area contributed by atoms with E-state index in [1.54, 1.807) is 32.4 Å². The molecule has 1 aliphatic heterocycles. The molecule has 0 radical (unpaired) electrons. The van der Waals surface area contributed by atoms with Gasteiger partial charge in [-0.1, -0.05) is 11.8 Å². The Hall–Kier alpha value is -3.46. The van der Waals surface area contributed by atoms with Gasteiger partial charge in [0.15, 0.2) is 11.5 Å². The van der Waals surface area contributed by atoms with Crippen LogP contribution >= 0.6 is 11.8 Å². The number of hydrogen-bond acceptors (Lipinski definition) is 8. The van der Waals surface area contributed by atoms with Crippen molar-refractivity contribution in [3.05, 3.63) is 48.5 Å². The van der Waals surface area contributed by atoms with Crippen LogP contribution in [0.3, 0.4) is 0 Å². The zero-order valence-corrected chi connectivity index (χ0v) is 17.2. The first-order valence-corrected chi connectivity index (χ1v) is 10.0. The first-order chi connectivity index (χ1) is 14.7. The molecule has 1 aromatic heterocycles. The Balaban J connectivity index is 1.37. The second-order valence-corrected chi connectivity index (χ2v) is 7.22. The predicted molar refractivity (Wildman–Crippen MR) is 112 cm³/mol. The molecule has 30 heavy (non-hydrogen) atoms. The maximum atomic E-state index is 12.2. The molecule has 2 aromatic carbocycles. The minimum Gasteiger partial charge on any atom is -0.497 e. The van der Waals surface area contributed by atoms with Crippen LogP contribution in [0.4, 0.5) is 5.69 Å². The fourth-order valence-electron chi connectivity index (χ4n) is 2.87. The fourth-order valence-corrected chi connectivity index (χ4v) is 3.48. The minimum atomic E-state index is -0.154. The van der Waals surface area contributed by atoms with E-state index < -0.39 is 0 Å². The lowest BCUT2D eigenvalue weighted by Gasteiger charge is -2.10. The summed E-state index contributed by atoms with van der Waals surface area (Å²) < 4.78 is 21.2. The summed E-state index contributed by atoms with van der Waals surface area (Å²) in [6.45, 7) is 0.193. The Kier molecular flexibility index (Phi) is 5.89. The number of rotatable bonds is 7. The van der Waals surface area contributed by atoms with Crippen LogP contribution in [0.2, 0.25) is 0 Å². The van der Waals surface area contributed by atoms with Crippen LogP contribution in [0, 0.1) is 0 Å². The zero-order valence-electron chi connectivity index (χ0n) is 16.4. The quantitative estimate of drug-likeness (QED) is 0.574. The van der Waals surface area contributed by atoms with Crippen LogP contribution in [-0.2, 0) is 4.79 Å². The lowest BCUT2D eigenvalue weighted by molar-refractivity contribution is -0.113. The average molecular weight is 425 g/mol. The number of aromatic nitrogens is 2. The van der Waals surface area contributed by atoms with Gasteiger partial charge < -0.3 is 24.3 Å². The Morgan fingerprint density at radius 2 is 1.90 bits per heavy atom. The van der Waals surface area contributed by atoms with Crippen LogP contribution in [0.15, 0.2) is 53.6 Å². The van der Waals surface area contributed by atoms with Gasteiger partial charge in [0, 0.05) is 17.3 Å². The number of hydrogen-bond donors (Lipinski definition) is 1. The molecule has 1 aliphatic rings. The van der Waals surface area contributed by atoms with Crippen molar-refractivity contribution in [1.29, 1.82) is 0 Å². The second kappa shape index (κ2) is 8.91. The minimum absolute atomic E-state index is 0.154. The molecule has 8 nitrogen and oxygen atoms in total. The van der Waals surface area contributed by atoms with Crippen LogP contribution in [0.1, 0.15) is 0 Å². The fraction of sp³-hybridized carbons (Fsp3) is 0.190. The molecule has 4 rings (SSSR count). The van der Waals surface area contributed by atoms with Crippen LogP contribution in [0.5, 0.6) is 23.0 Å². The summed E-state index contributed by atoms with van der Waals surface area (Å²) in [5.41, 5.74) is 2.08. The molecule has 0 aliphatic carbocycles. The van der Waals surface area contributed by atoms with E-state index in [2.05, 4.69) is 15.5 Å². The molecule has 154 valence electrons. The molecule has 2 heterocycles. The van der Waals surface area contributed by atoms with Crippen molar-refractivity contribution >= 4 is 23.4 Å². The summed E-state index contributed by atoms with van der Waals surface area (Å²) in [6, 6.07) is 14.4. The third kappa shape index (κ3) is 4.41. The van der Waals surface area contributed by atoms with Crippen molar-refractivity contribution in [3.63, 3.8) is 0 Å². The highest BCUT2D eigenvalue weighted by molar-refractivity contribution is 7.99. The smallest absolute Gasteiger partial charge is 0.234 e. The van der Waals surface area contributed by atoms with E-state index in [0.29, 0.717) is 39.4 Å². The van der Waals surface area contributed by atoms with Gasteiger partial charge in [-0.15, -0.1) is 10.2 Å². The Bertz CT molecular complexity index is 1060. The average Bonchev–Trinajstić information content (AvgIpc) is 3.25. The van der Waals surface area contributed by atoms with Crippen molar-refractivity contribution in [3.8, 4) is 34.3 Å². The molecule has 0 saturated carbocycles. The first kappa shape index (κ1) is 19.8.